The maximum Gasteiger partial charge on any atom is 0.472 e. The van der Waals surface area contributed by atoms with E-state index < -0.39 is 13.9 Å². The number of nitrogens with one attached hydrogen (secondary N) is 1. The number of ether oxygens (including phenoxy) is 6. The fourth-order valence-corrected chi connectivity index (χ4v) is 6.71. The molecule has 56 heavy (non-hydrogen) atoms. The van der Waals surface area contributed by atoms with Crippen molar-refractivity contribution < 1.29 is 51.4 Å². The lowest BCUT2D eigenvalue weighted by Crippen LogP contribution is -2.37. The van der Waals surface area contributed by atoms with E-state index in [4.69, 9.17) is 37.5 Å². The Bertz CT molecular complexity index is 1280. The minimum Gasteiger partial charge on any atom is -0.497 e. The van der Waals surface area contributed by atoms with Gasteiger partial charge in [-0.1, -0.05) is 115 Å². The third-order valence-corrected chi connectivity index (χ3v) is 10.4. The van der Waals surface area contributed by atoms with Gasteiger partial charge in [0.2, 0.25) is 0 Å². The van der Waals surface area contributed by atoms with E-state index in [-0.39, 0.29) is 33.4 Å². The fraction of sp³-hybridized carbons (Fsp3) is 0.767. The number of unbranched alkanes of at least 4 members (excludes halogenated alkanes) is 14. The van der Waals surface area contributed by atoms with Gasteiger partial charge in [0.05, 0.1) is 61.4 Å². The number of hydrogen-bond donors (Lipinski definition) is 2. The van der Waals surface area contributed by atoms with Crippen LogP contribution in [0.2, 0.25) is 0 Å². The number of likely N-dealkylation sites (N-methyl/N-ethyl adjacent to an activating group) is 1. The van der Waals surface area contributed by atoms with Crippen molar-refractivity contribution in [3.63, 3.8) is 0 Å². The molecule has 2 N–H and O–H groups in total. The maximum absolute atomic E-state index is 12.5. The Morgan fingerprint density at radius 2 is 1.29 bits per heavy atom. The summed E-state index contributed by atoms with van der Waals surface area (Å²) in [5, 5.41) is 5.54. The summed E-state index contributed by atoms with van der Waals surface area (Å²) in [6.45, 7) is 5.69. The number of nitrogens with zero attached hydrogens (tertiary/aromatic N) is 1. The molecular formula is C43H78N2O10P+. The maximum atomic E-state index is 12.5. The van der Waals surface area contributed by atoms with E-state index in [0.29, 0.717) is 44.1 Å². The van der Waals surface area contributed by atoms with Gasteiger partial charge < -0.3 is 37.8 Å². The summed E-state index contributed by atoms with van der Waals surface area (Å²) in [5.41, 5.74) is 1.10. The van der Waals surface area contributed by atoms with Gasteiger partial charge >= 0.3 is 7.82 Å². The summed E-state index contributed by atoms with van der Waals surface area (Å²) in [6.07, 6.45) is 20.0. The molecule has 0 spiro atoms. The van der Waals surface area contributed by atoms with Gasteiger partial charge in [-0.15, -0.1) is 0 Å². The lowest BCUT2D eigenvalue weighted by molar-refractivity contribution is -0.870. The Morgan fingerprint density at radius 3 is 1.95 bits per heavy atom. The molecule has 324 valence electrons. The van der Waals surface area contributed by atoms with Gasteiger partial charge in [-0.3, -0.25) is 14.4 Å². The molecule has 0 saturated heterocycles. The molecule has 2 aromatic carbocycles. The first-order valence-electron chi connectivity index (χ1n) is 21.2. The lowest BCUT2D eigenvalue weighted by atomic mass is 10.0. The number of rotatable bonds is 39. The van der Waals surface area contributed by atoms with Crippen molar-refractivity contribution in [1.82, 2.24) is 5.32 Å². The quantitative estimate of drug-likeness (QED) is 0.0291. The smallest absolute Gasteiger partial charge is 0.472 e. The van der Waals surface area contributed by atoms with Crippen molar-refractivity contribution in [1.29, 1.82) is 0 Å². The highest BCUT2D eigenvalue weighted by atomic mass is 31.2. The summed E-state index contributed by atoms with van der Waals surface area (Å²) in [4.78, 5) is 10.2. The predicted octanol–water partition coefficient (Wildman–Crippen LogP) is 9.36. The van der Waals surface area contributed by atoms with Gasteiger partial charge in [0.1, 0.15) is 38.6 Å². The van der Waals surface area contributed by atoms with E-state index in [9.17, 15) is 9.46 Å². The second-order valence-corrected chi connectivity index (χ2v) is 17.1. The summed E-state index contributed by atoms with van der Waals surface area (Å²) in [5.74, 6) is 0.843. The second-order valence-electron chi connectivity index (χ2n) is 15.7. The van der Waals surface area contributed by atoms with Crippen LogP contribution in [-0.4, -0.2) is 110 Å². The topological polar surface area (TPSA) is 123 Å². The Morgan fingerprint density at radius 1 is 0.679 bits per heavy atom. The van der Waals surface area contributed by atoms with E-state index in [1.165, 1.54) is 83.5 Å². The van der Waals surface area contributed by atoms with Crippen molar-refractivity contribution in [2.45, 2.75) is 122 Å². The van der Waals surface area contributed by atoms with Gasteiger partial charge in [-0.05, 0) is 53.9 Å². The van der Waals surface area contributed by atoms with Crippen molar-refractivity contribution in [3.05, 3.63) is 42.0 Å². The number of hydrogen-bond acceptors (Lipinski definition) is 10. The molecule has 0 aromatic heterocycles. The summed E-state index contributed by atoms with van der Waals surface area (Å²) >= 11 is 0. The standard InChI is InChI=1S/C43H77N2O10P/c1-6-7-8-9-10-11-12-13-14-15-16-17-18-19-20-28-49-37-52-34-43(35-55-56(46,47)54-30-27-45(2,3)4)53-38-50-29-21-26-44-36-51-33-39-22-23-41-32-42(48-5)25-24-40(41)31-39/h22-25,31-32,43-44H,6-21,26-30,33-38H2,1-5H3/p+1. The monoisotopic (exact) mass is 814 g/mol. The van der Waals surface area contributed by atoms with Gasteiger partial charge in [0, 0.05) is 6.61 Å². The van der Waals surface area contributed by atoms with Crippen LogP contribution < -0.4 is 10.1 Å². The summed E-state index contributed by atoms with van der Waals surface area (Å²) in [6, 6.07) is 12.3. The second kappa shape index (κ2) is 32.2. The normalized spacial score (nSPS) is 13.7. The third-order valence-electron chi connectivity index (χ3n) is 9.42. The molecule has 2 aromatic rings. The van der Waals surface area contributed by atoms with Crippen LogP contribution in [0.25, 0.3) is 10.8 Å². The molecule has 0 bridgehead atoms. The van der Waals surface area contributed by atoms with E-state index in [1.807, 2.05) is 39.3 Å². The average Bonchev–Trinajstić information content (AvgIpc) is 3.17. The molecule has 0 aliphatic carbocycles. The average molecular weight is 814 g/mol. The number of methoxy groups -OCH3 is 1. The number of quaternary nitrogens is 1. The Kier molecular flexibility index (Phi) is 29.0. The van der Waals surface area contributed by atoms with Crippen LogP contribution in [-0.2, 0) is 43.9 Å². The van der Waals surface area contributed by atoms with Crippen LogP contribution in [0.1, 0.15) is 115 Å². The Labute approximate surface area is 339 Å². The molecule has 0 saturated carbocycles. The Balaban J connectivity index is 1.54. The van der Waals surface area contributed by atoms with Crippen LogP contribution in [0.5, 0.6) is 5.75 Å². The van der Waals surface area contributed by atoms with Gasteiger partial charge in [0.25, 0.3) is 0 Å². The first-order valence-corrected chi connectivity index (χ1v) is 22.7. The van der Waals surface area contributed by atoms with Crippen LogP contribution in [0.3, 0.4) is 0 Å². The summed E-state index contributed by atoms with van der Waals surface area (Å²) < 4.78 is 57.4. The number of phosphoric acid groups is 1. The van der Waals surface area contributed by atoms with Crippen LogP contribution in [0.15, 0.2) is 36.4 Å². The molecular weight excluding hydrogens is 735 g/mol. The molecule has 0 amide bonds. The van der Waals surface area contributed by atoms with Gasteiger partial charge in [-0.2, -0.15) is 0 Å². The zero-order valence-electron chi connectivity index (χ0n) is 35.6. The largest absolute Gasteiger partial charge is 0.497 e. The highest BCUT2D eigenvalue weighted by molar-refractivity contribution is 7.47. The van der Waals surface area contributed by atoms with Crippen molar-refractivity contribution in [2.24, 2.45) is 0 Å². The molecule has 2 atom stereocenters. The third kappa shape index (κ3) is 27.9. The molecule has 0 fully saturated rings. The predicted molar refractivity (Wildman–Crippen MR) is 225 cm³/mol. The minimum absolute atomic E-state index is 0.0141. The first kappa shape index (κ1) is 50.5. The summed E-state index contributed by atoms with van der Waals surface area (Å²) in [7, 11) is 3.35. The molecule has 12 nitrogen and oxygen atoms in total. The van der Waals surface area contributed by atoms with E-state index in [2.05, 4.69) is 30.4 Å². The van der Waals surface area contributed by atoms with Gasteiger partial charge in [-0.25, -0.2) is 4.57 Å². The highest BCUT2D eigenvalue weighted by Gasteiger charge is 2.25. The number of benzene rings is 2. The van der Waals surface area contributed by atoms with Crippen LogP contribution in [0.4, 0.5) is 0 Å². The van der Waals surface area contributed by atoms with Crippen LogP contribution >= 0.6 is 7.82 Å². The van der Waals surface area contributed by atoms with Crippen LogP contribution in [0, 0.1) is 0 Å². The van der Waals surface area contributed by atoms with E-state index in [0.717, 1.165) is 41.3 Å². The molecule has 0 aliphatic rings. The molecule has 2 rings (SSSR count). The van der Waals surface area contributed by atoms with Crippen molar-refractivity contribution in [2.75, 3.05) is 94.7 Å². The highest BCUT2D eigenvalue weighted by Crippen LogP contribution is 2.43. The SMILES string of the molecule is CCCCCCCCCCCCCCCCCOCOCC(COP(=O)(O)OCC[N+](C)(C)C)OCOCCCNCOCc1ccc2cc(OC)ccc2c1. The Hall–Kier alpha value is -1.67. The molecule has 13 heteroatoms. The molecule has 0 heterocycles. The van der Waals surface area contributed by atoms with E-state index in [1.54, 1.807) is 7.11 Å². The number of phosphoric ester groups is 1. The minimum atomic E-state index is -4.25. The van der Waals surface area contributed by atoms with Crippen molar-refractivity contribution in [3.8, 4) is 5.75 Å². The first-order chi connectivity index (χ1) is 27.1. The zero-order chi connectivity index (χ0) is 40.6. The number of fused-ring (bicyclic) bond motifs is 1. The lowest BCUT2D eigenvalue weighted by Gasteiger charge is -2.24. The van der Waals surface area contributed by atoms with Gasteiger partial charge in [0.15, 0.2) is 0 Å². The molecule has 0 radical (unpaired) electrons. The fourth-order valence-electron chi connectivity index (χ4n) is 5.97. The van der Waals surface area contributed by atoms with E-state index >= 15 is 0 Å². The molecule has 2 unspecified atom stereocenters. The van der Waals surface area contributed by atoms with Crippen molar-refractivity contribution >= 4 is 18.6 Å². The zero-order valence-corrected chi connectivity index (χ0v) is 36.5. The molecule has 0 aliphatic heterocycles.